The third-order valence-corrected chi connectivity index (χ3v) is 4.88. The smallest absolute Gasteiger partial charge is 0.283 e. The third kappa shape index (κ3) is 3.92. The zero-order valence-corrected chi connectivity index (χ0v) is 14.8. The molecule has 0 fully saturated rings. The Morgan fingerprint density at radius 3 is 2.48 bits per heavy atom. The van der Waals surface area contributed by atoms with E-state index in [0.29, 0.717) is 22.0 Å². The van der Waals surface area contributed by atoms with E-state index in [4.69, 9.17) is 5.73 Å². The molecule has 0 spiro atoms. The van der Waals surface area contributed by atoms with E-state index in [1.807, 2.05) is 56.3 Å². The topological polar surface area (TPSA) is 80.4 Å². The number of hydrogen-bond donors (Lipinski definition) is 2. The lowest BCUT2D eigenvalue weighted by Gasteiger charge is -2.02. The minimum absolute atomic E-state index is 0.257. The summed E-state index contributed by atoms with van der Waals surface area (Å²) in [5.74, 6) is -0.257. The van der Waals surface area contributed by atoms with Gasteiger partial charge in [-0.1, -0.05) is 42.5 Å². The van der Waals surface area contributed by atoms with Gasteiger partial charge < -0.3 is 5.73 Å². The maximum absolute atomic E-state index is 12.4. The van der Waals surface area contributed by atoms with Gasteiger partial charge in [0.05, 0.1) is 11.4 Å². The van der Waals surface area contributed by atoms with Crippen molar-refractivity contribution < 1.29 is 4.79 Å². The van der Waals surface area contributed by atoms with Crippen LogP contribution >= 0.6 is 11.3 Å². The molecule has 3 aromatic rings. The zero-order valence-electron chi connectivity index (χ0n) is 14.0. The predicted molar refractivity (Wildman–Crippen MR) is 103 cm³/mol. The van der Waals surface area contributed by atoms with Crippen molar-refractivity contribution in [1.82, 2.24) is 10.4 Å². The summed E-state index contributed by atoms with van der Waals surface area (Å²) in [4.78, 5) is 17.5. The van der Waals surface area contributed by atoms with Crippen molar-refractivity contribution >= 4 is 28.6 Å². The number of thiazole rings is 1. The molecule has 5 nitrogen and oxygen atoms in total. The minimum Gasteiger partial charge on any atom is -0.399 e. The fourth-order valence-corrected chi connectivity index (χ4v) is 3.25. The summed E-state index contributed by atoms with van der Waals surface area (Å²) in [5.41, 5.74) is 12.3. The molecule has 0 saturated heterocycles. The van der Waals surface area contributed by atoms with E-state index in [0.717, 1.165) is 16.1 Å². The number of nitrogens with two attached hydrogens (primary N) is 1. The fraction of sp³-hybridized carbons (Fsp3) is 0.105. The molecule has 0 aliphatic heterocycles. The van der Waals surface area contributed by atoms with Gasteiger partial charge in [-0.15, -0.1) is 11.3 Å². The maximum Gasteiger partial charge on any atom is 0.283 e. The molecule has 0 radical (unpaired) electrons. The predicted octanol–water partition coefficient (Wildman–Crippen LogP) is 3.85. The first-order valence-corrected chi connectivity index (χ1v) is 8.59. The molecule has 1 amide bonds. The Morgan fingerprint density at radius 2 is 1.80 bits per heavy atom. The standard InChI is InChI=1S/C19H18N4OS/c1-12(14-8-10-16(20)11-9-14)22-23-18(24)17-13(2)21-19(25-17)15-6-4-3-5-7-15/h3-11H,20H2,1-2H3,(H,23,24). The first-order chi connectivity index (χ1) is 12.0. The van der Waals surface area contributed by atoms with Gasteiger partial charge in [-0.2, -0.15) is 5.10 Å². The van der Waals surface area contributed by atoms with Gasteiger partial charge in [-0.25, -0.2) is 10.4 Å². The zero-order chi connectivity index (χ0) is 17.8. The molecule has 0 unspecified atom stereocenters. The SMILES string of the molecule is CC(=NNC(=O)c1sc(-c2ccccc2)nc1C)c1ccc(N)cc1. The number of aryl methyl sites for hydroxylation is 1. The number of hydrogen-bond acceptors (Lipinski definition) is 5. The molecule has 0 aliphatic rings. The van der Waals surface area contributed by atoms with Crippen molar-refractivity contribution in [2.45, 2.75) is 13.8 Å². The number of carbonyl (C=O) groups is 1. The normalized spacial score (nSPS) is 11.4. The van der Waals surface area contributed by atoms with Crippen LogP contribution in [-0.4, -0.2) is 16.6 Å². The Balaban J connectivity index is 1.76. The Kier molecular flexibility index (Phi) is 4.90. The van der Waals surface area contributed by atoms with E-state index >= 15 is 0 Å². The third-order valence-electron chi connectivity index (χ3n) is 3.68. The Morgan fingerprint density at radius 1 is 1.12 bits per heavy atom. The number of benzene rings is 2. The van der Waals surface area contributed by atoms with Crippen molar-refractivity contribution in [3.8, 4) is 10.6 Å². The highest BCUT2D eigenvalue weighted by Gasteiger charge is 2.16. The summed E-state index contributed by atoms with van der Waals surface area (Å²) in [7, 11) is 0. The lowest BCUT2D eigenvalue weighted by Crippen LogP contribution is -2.19. The van der Waals surface area contributed by atoms with Gasteiger partial charge in [0.1, 0.15) is 9.88 Å². The molecular formula is C19H18N4OS. The second-order valence-electron chi connectivity index (χ2n) is 5.56. The Hall–Kier alpha value is -2.99. The molecule has 0 atom stereocenters. The first-order valence-electron chi connectivity index (χ1n) is 7.78. The van der Waals surface area contributed by atoms with Crippen LogP contribution in [0.4, 0.5) is 5.69 Å². The van der Waals surface area contributed by atoms with Crippen LogP contribution in [0.1, 0.15) is 27.9 Å². The number of nitrogen functional groups attached to an aromatic ring is 1. The fourth-order valence-electron chi connectivity index (χ4n) is 2.29. The second-order valence-corrected chi connectivity index (χ2v) is 6.56. The first kappa shape index (κ1) is 16.9. The summed E-state index contributed by atoms with van der Waals surface area (Å²) in [6, 6.07) is 17.1. The summed E-state index contributed by atoms with van der Waals surface area (Å²) in [5, 5.41) is 5.00. The molecule has 1 heterocycles. The van der Waals surface area contributed by atoms with E-state index in [-0.39, 0.29) is 5.91 Å². The molecule has 6 heteroatoms. The number of carbonyl (C=O) groups excluding carboxylic acids is 1. The van der Waals surface area contributed by atoms with Crippen LogP contribution in [0.15, 0.2) is 59.7 Å². The Bertz CT molecular complexity index is 914. The highest BCUT2D eigenvalue weighted by molar-refractivity contribution is 7.17. The van der Waals surface area contributed by atoms with E-state index in [1.54, 1.807) is 12.1 Å². The van der Waals surface area contributed by atoms with Crippen LogP contribution in [0.2, 0.25) is 0 Å². The lowest BCUT2D eigenvalue weighted by molar-refractivity contribution is 0.0958. The van der Waals surface area contributed by atoms with E-state index in [9.17, 15) is 4.79 Å². The molecular weight excluding hydrogens is 332 g/mol. The highest BCUT2D eigenvalue weighted by Crippen LogP contribution is 2.27. The van der Waals surface area contributed by atoms with Crippen LogP contribution in [0, 0.1) is 6.92 Å². The number of anilines is 1. The van der Waals surface area contributed by atoms with Crippen LogP contribution in [0.5, 0.6) is 0 Å². The van der Waals surface area contributed by atoms with Gasteiger partial charge in [0, 0.05) is 11.3 Å². The van der Waals surface area contributed by atoms with Gasteiger partial charge in [-0.05, 0) is 31.5 Å². The molecule has 25 heavy (non-hydrogen) atoms. The van der Waals surface area contributed by atoms with Gasteiger partial charge in [0.2, 0.25) is 0 Å². The molecule has 2 aromatic carbocycles. The average Bonchev–Trinajstić information content (AvgIpc) is 3.02. The van der Waals surface area contributed by atoms with Crippen LogP contribution in [0.25, 0.3) is 10.6 Å². The molecule has 126 valence electrons. The van der Waals surface area contributed by atoms with E-state index < -0.39 is 0 Å². The van der Waals surface area contributed by atoms with Gasteiger partial charge in [0.15, 0.2) is 0 Å². The van der Waals surface area contributed by atoms with E-state index in [2.05, 4.69) is 15.5 Å². The van der Waals surface area contributed by atoms with Gasteiger partial charge >= 0.3 is 0 Å². The van der Waals surface area contributed by atoms with Gasteiger partial charge in [0.25, 0.3) is 5.91 Å². The van der Waals surface area contributed by atoms with Crippen LogP contribution in [-0.2, 0) is 0 Å². The molecule has 1 aromatic heterocycles. The second kappa shape index (κ2) is 7.27. The van der Waals surface area contributed by atoms with Crippen molar-refractivity contribution in [2.75, 3.05) is 5.73 Å². The van der Waals surface area contributed by atoms with Crippen molar-refractivity contribution in [3.63, 3.8) is 0 Å². The number of rotatable bonds is 4. The van der Waals surface area contributed by atoms with Crippen molar-refractivity contribution in [1.29, 1.82) is 0 Å². The quantitative estimate of drug-likeness (QED) is 0.426. The summed E-state index contributed by atoms with van der Waals surface area (Å²) >= 11 is 1.36. The summed E-state index contributed by atoms with van der Waals surface area (Å²) < 4.78 is 0. The van der Waals surface area contributed by atoms with Gasteiger partial charge in [-0.3, -0.25) is 4.79 Å². The monoisotopic (exact) mass is 350 g/mol. The largest absolute Gasteiger partial charge is 0.399 e. The minimum atomic E-state index is -0.257. The lowest BCUT2D eigenvalue weighted by atomic mass is 10.1. The average molecular weight is 350 g/mol. The number of amides is 1. The molecule has 3 rings (SSSR count). The molecule has 0 bridgehead atoms. The Labute approximate surface area is 150 Å². The molecule has 3 N–H and O–H groups in total. The van der Waals surface area contributed by atoms with Crippen molar-refractivity contribution in [2.24, 2.45) is 5.10 Å². The summed E-state index contributed by atoms with van der Waals surface area (Å²) in [6.07, 6.45) is 0. The van der Waals surface area contributed by atoms with Crippen LogP contribution < -0.4 is 11.2 Å². The molecule has 0 aliphatic carbocycles. The number of hydrazone groups is 1. The number of nitrogens with one attached hydrogen (secondary N) is 1. The van der Waals surface area contributed by atoms with Crippen molar-refractivity contribution in [3.05, 3.63) is 70.7 Å². The molecule has 0 saturated carbocycles. The van der Waals surface area contributed by atoms with Crippen LogP contribution in [0.3, 0.4) is 0 Å². The number of aromatic nitrogens is 1. The van der Waals surface area contributed by atoms with E-state index in [1.165, 1.54) is 11.3 Å². The number of nitrogens with zero attached hydrogens (tertiary/aromatic N) is 2. The summed E-state index contributed by atoms with van der Waals surface area (Å²) in [6.45, 7) is 3.66. The highest BCUT2D eigenvalue weighted by atomic mass is 32.1. The maximum atomic E-state index is 12.4.